The first-order valence-electron chi connectivity index (χ1n) is 6.20. The van der Waals surface area contributed by atoms with Gasteiger partial charge in [0.25, 0.3) is 17.4 Å². The lowest BCUT2D eigenvalue weighted by Gasteiger charge is -2.15. The number of amides is 2. The molecule has 1 aliphatic rings. The number of halogens is 1. The Balaban J connectivity index is 2.03. The number of carbonyl (C=O) groups excluding carboxylic acids is 2. The number of nitrogens with zero attached hydrogens (tertiary/aromatic N) is 4. The molecule has 0 unspecified atom stereocenters. The molecule has 0 atom stereocenters. The smallest absolute Gasteiger partial charge is 0.269 e. The molecule has 22 heavy (non-hydrogen) atoms. The van der Waals surface area contributed by atoms with Gasteiger partial charge in [0.05, 0.1) is 11.1 Å². The molecule has 2 aromatic rings. The Morgan fingerprint density at radius 1 is 1.05 bits per heavy atom. The van der Waals surface area contributed by atoms with Crippen LogP contribution in [0.2, 0.25) is 0 Å². The van der Waals surface area contributed by atoms with E-state index in [2.05, 4.69) is 21.0 Å². The Morgan fingerprint density at radius 3 is 2.14 bits per heavy atom. The molecular formula is C13H9BrN4O4. The van der Waals surface area contributed by atoms with Crippen LogP contribution in [0.25, 0.3) is 0 Å². The van der Waals surface area contributed by atoms with Crippen LogP contribution < -0.4 is 11.2 Å². The fourth-order valence-corrected chi connectivity index (χ4v) is 2.64. The van der Waals surface area contributed by atoms with Crippen LogP contribution in [-0.2, 0) is 13.7 Å². The van der Waals surface area contributed by atoms with Crippen molar-refractivity contribution in [3.63, 3.8) is 0 Å². The van der Waals surface area contributed by atoms with Gasteiger partial charge in [0, 0.05) is 7.05 Å². The van der Waals surface area contributed by atoms with Gasteiger partial charge in [-0.2, -0.15) is 9.78 Å². The van der Waals surface area contributed by atoms with Gasteiger partial charge in [0.1, 0.15) is 6.67 Å². The fraction of sp³-hybridized carbons (Fsp3) is 0.154. The molecule has 8 nitrogen and oxygen atoms in total. The van der Waals surface area contributed by atoms with Gasteiger partial charge in [-0.25, -0.2) is 4.79 Å². The summed E-state index contributed by atoms with van der Waals surface area (Å²) in [7, 11) is 1.29. The van der Waals surface area contributed by atoms with E-state index in [-0.39, 0.29) is 22.4 Å². The molecule has 0 radical (unpaired) electrons. The summed E-state index contributed by atoms with van der Waals surface area (Å²) >= 11 is 2.95. The molecule has 0 bridgehead atoms. The van der Waals surface area contributed by atoms with Crippen molar-refractivity contribution in [1.29, 1.82) is 0 Å². The summed E-state index contributed by atoms with van der Waals surface area (Å²) in [6.07, 6.45) is 0. The summed E-state index contributed by atoms with van der Waals surface area (Å²) in [5, 5.41) is 3.77. The van der Waals surface area contributed by atoms with E-state index in [1.807, 2.05) is 0 Å². The summed E-state index contributed by atoms with van der Waals surface area (Å²) < 4.78 is 1.65. The lowest BCUT2D eigenvalue weighted by Crippen LogP contribution is -2.44. The minimum Gasteiger partial charge on any atom is -0.269 e. The predicted molar refractivity (Wildman–Crippen MR) is 78.4 cm³/mol. The second kappa shape index (κ2) is 5.02. The molecule has 0 aliphatic carbocycles. The quantitative estimate of drug-likeness (QED) is 0.696. The number of carbonyl (C=O) groups is 2. The maximum atomic E-state index is 12.2. The highest BCUT2D eigenvalue weighted by molar-refractivity contribution is 9.10. The van der Waals surface area contributed by atoms with E-state index in [0.29, 0.717) is 0 Å². The van der Waals surface area contributed by atoms with Crippen molar-refractivity contribution in [2.75, 3.05) is 0 Å². The molecule has 1 aromatic carbocycles. The van der Waals surface area contributed by atoms with Gasteiger partial charge in [-0.15, -0.1) is 0 Å². The van der Waals surface area contributed by atoms with Crippen molar-refractivity contribution in [3.05, 3.63) is 60.8 Å². The third-order valence-corrected chi connectivity index (χ3v) is 3.85. The van der Waals surface area contributed by atoms with E-state index in [0.717, 1.165) is 14.1 Å². The first kappa shape index (κ1) is 14.4. The Bertz CT molecular complexity index is 895. The molecule has 112 valence electrons. The molecule has 1 aromatic heterocycles. The lowest BCUT2D eigenvalue weighted by atomic mass is 10.1. The van der Waals surface area contributed by atoms with E-state index in [4.69, 9.17) is 0 Å². The Labute approximate surface area is 131 Å². The van der Waals surface area contributed by atoms with Crippen molar-refractivity contribution in [1.82, 2.24) is 19.2 Å². The van der Waals surface area contributed by atoms with Crippen LogP contribution in [0.1, 0.15) is 20.7 Å². The van der Waals surface area contributed by atoms with Crippen LogP contribution in [0.3, 0.4) is 0 Å². The molecule has 0 spiro atoms. The number of hydrogen-bond donors (Lipinski definition) is 0. The van der Waals surface area contributed by atoms with Crippen LogP contribution in [0.5, 0.6) is 0 Å². The summed E-state index contributed by atoms with van der Waals surface area (Å²) in [5.41, 5.74) is -0.748. The monoisotopic (exact) mass is 364 g/mol. The normalized spacial score (nSPS) is 13.6. The molecule has 0 N–H and O–H groups in total. The van der Waals surface area contributed by atoms with Crippen LogP contribution in [0.4, 0.5) is 0 Å². The van der Waals surface area contributed by atoms with Crippen molar-refractivity contribution in [2.24, 2.45) is 7.05 Å². The maximum absolute atomic E-state index is 12.2. The van der Waals surface area contributed by atoms with Gasteiger partial charge in [0.15, 0.2) is 4.60 Å². The Kier molecular flexibility index (Phi) is 3.28. The zero-order valence-electron chi connectivity index (χ0n) is 11.3. The molecule has 2 amide bonds. The molecule has 1 aliphatic heterocycles. The van der Waals surface area contributed by atoms with E-state index in [1.54, 1.807) is 24.3 Å². The summed E-state index contributed by atoms with van der Waals surface area (Å²) in [4.78, 5) is 49.0. The van der Waals surface area contributed by atoms with E-state index in [9.17, 15) is 19.2 Å². The second-order valence-corrected chi connectivity index (χ2v) is 5.41. The average molecular weight is 365 g/mol. The number of aromatic nitrogens is 3. The summed E-state index contributed by atoms with van der Waals surface area (Å²) in [5.74, 6) is -1.00. The number of imide groups is 1. The minimum absolute atomic E-state index is 0.0776. The third kappa shape index (κ3) is 2.01. The van der Waals surface area contributed by atoms with Crippen LogP contribution in [0, 0.1) is 0 Å². The Morgan fingerprint density at radius 2 is 1.59 bits per heavy atom. The van der Waals surface area contributed by atoms with Crippen molar-refractivity contribution in [3.8, 4) is 0 Å². The zero-order chi connectivity index (χ0) is 16.0. The maximum Gasteiger partial charge on any atom is 0.348 e. The van der Waals surface area contributed by atoms with Crippen molar-refractivity contribution >= 4 is 27.7 Å². The summed E-state index contributed by atoms with van der Waals surface area (Å²) in [6.45, 7) is -0.363. The van der Waals surface area contributed by atoms with E-state index in [1.165, 1.54) is 7.05 Å². The highest BCUT2D eigenvalue weighted by Crippen LogP contribution is 2.22. The van der Waals surface area contributed by atoms with Gasteiger partial charge >= 0.3 is 5.69 Å². The average Bonchev–Trinajstić information content (AvgIpc) is 2.76. The largest absolute Gasteiger partial charge is 0.348 e. The number of rotatable bonds is 2. The van der Waals surface area contributed by atoms with Gasteiger partial charge in [-0.1, -0.05) is 12.1 Å². The standard InChI is InChI=1S/C13H9BrN4O4/c1-16-12(21)9(14)15-18(13(16)22)6-17-10(19)7-4-2-3-5-8(7)11(17)20/h2-5H,6H2,1H3. The molecule has 0 saturated heterocycles. The minimum atomic E-state index is -0.718. The molecule has 0 saturated carbocycles. The van der Waals surface area contributed by atoms with Crippen LogP contribution in [-0.4, -0.2) is 31.1 Å². The molecule has 2 heterocycles. The van der Waals surface area contributed by atoms with E-state index >= 15 is 0 Å². The second-order valence-electron chi connectivity index (χ2n) is 4.66. The van der Waals surface area contributed by atoms with Crippen molar-refractivity contribution in [2.45, 2.75) is 6.67 Å². The molecule has 3 rings (SSSR count). The first-order chi connectivity index (χ1) is 10.4. The lowest BCUT2D eigenvalue weighted by molar-refractivity contribution is 0.0591. The van der Waals surface area contributed by atoms with Crippen LogP contribution in [0.15, 0.2) is 38.5 Å². The van der Waals surface area contributed by atoms with Gasteiger partial charge in [-0.3, -0.25) is 23.9 Å². The van der Waals surface area contributed by atoms with Gasteiger partial charge in [-0.05, 0) is 28.1 Å². The van der Waals surface area contributed by atoms with Gasteiger partial charge in [0.2, 0.25) is 0 Å². The number of hydrogen-bond acceptors (Lipinski definition) is 5. The number of benzene rings is 1. The first-order valence-corrected chi connectivity index (χ1v) is 7.00. The summed E-state index contributed by atoms with van der Waals surface area (Å²) in [6, 6.07) is 6.40. The van der Waals surface area contributed by atoms with Crippen molar-refractivity contribution < 1.29 is 9.59 Å². The topological polar surface area (TPSA) is 94.3 Å². The van der Waals surface area contributed by atoms with E-state index < -0.39 is 23.1 Å². The molecule has 9 heteroatoms. The third-order valence-electron chi connectivity index (χ3n) is 3.35. The highest BCUT2D eigenvalue weighted by atomic mass is 79.9. The fourth-order valence-electron chi connectivity index (χ4n) is 2.18. The predicted octanol–water partition coefficient (Wildman–Crippen LogP) is -0.0418. The Hall–Kier alpha value is -2.55. The number of fused-ring (bicyclic) bond motifs is 1. The highest BCUT2D eigenvalue weighted by Gasteiger charge is 2.35. The molecular weight excluding hydrogens is 356 g/mol. The van der Waals surface area contributed by atoms with Gasteiger partial charge < -0.3 is 0 Å². The SMILES string of the molecule is Cn1c(=O)c(Br)nn(CN2C(=O)c3ccccc3C2=O)c1=O. The molecule has 0 fully saturated rings. The zero-order valence-corrected chi connectivity index (χ0v) is 12.9. The van der Waals surface area contributed by atoms with Crippen LogP contribution >= 0.6 is 15.9 Å².